The van der Waals surface area contributed by atoms with E-state index in [0.29, 0.717) is 11.8 Å². The molecule has 4 rings (SSSR count). The van der Waals surface area contributed by atoms with Gasteiger partial charge in [-0.25, -0.2) is 14.5 Å². The topological polar surface area (TPSA) is 92.6 Å². The van der Waals surface area contributed by atoms with Crippen LogP contribution >= 0.6 is 0 Å². The van der Waals surface area contributed by atoms with Gasteiger partial charge in [0, 0.05) is 48.9 Å². The Kier molecular flexibility index (Phi) is 3.34. The van der Waals surface area contributed by atoms with E-state index in [2.05, 4.69) is 20.0 Å². The lowest BCUT2D eigenvalue weighted by Crippen LogP contribution is -2.36. The van der Waals surface area contributed by atoms with Crippen molar-refractivity contribution in [3.63, 3.8) is 0 Å². The number of hydrogen-bond donors (Lipinski definition) is 2. The Morgan fingerprint density at radius 3 is 2.65 bits per heavy atom. The average molecular weight is 310 g/mol. The van der Waals surface area contributed by atoms with Crippen LogP contribution in [0.4, 0.5) is 11.8 Å². The Bertz CT molecular complexity index is 820. The molecule has 7 nitrogen and oxygen atoms in total. The molecule has 1 aliphatic heterocycles. The highest BCUT2D eigenvalue weighted by molar-refractivity contribution is 5.80. The van der Waals surface area contributed by atoms with E-state index in [1.807, 2.05) is 36.8 Å². The smallest absolute Gasteiger partial charge is 0.225 e. The number of hydrogen-bond acceptors (Lipinski definition) is 6. The van der Waals surface area contributed by atoms with E-state index in [0.717, 1.165) is 42.6 Å². The molecule has 3 aromatic rings. The van der Waals surface area contributed by atoms with Crippen LogP contribution in [0.1, 0.15) is 12.8 Å². The number of fused-ring (bicyclic) bond motifs is 1. The van der Waals surface area contributed by atoms with E-state index >= 15 is 0 Å². The second kappa shape index (κ2) is 5.51. The first-order valence-corrected chi connectivity index (χ1v) is 7.70. The van der Waals surface area contributed by atoms with E-state index in [9.17, 15) is 5.11 Å². The van der Waals surface area contributed by atoms with Crippen LogP contribution in [0.25, 0.3) is 16.6 Å². The summed E-state index contributed by atoms with van der Waals surface area (Å²) in [5.74, 6) is 1.20. The molecule has 118 valence electrons. The largest absolute Gasteiger partial charge is 0.393 e. The molecule has 7 heteroatoms. The quantitative estimate of drug-likeness (QED) is 0.742. The molecule has 1 aliphatic rings. The van der Waals surface area contributed by atoms with Crippen molar-refractivity contribution in [2.24, 2.45) is 0 Å². The normalized spacial score (nSPS) is 16.1. The number of aromatic nitrogens is 4. The molecule has 0 aliphatic carbocycles. The van der Waals surface area contributed by atoms with Crippen molar-refractivity contribution in [1.82, 2.24) is 19.6 Å². The predicted octanol–water partition coefficient (Wildman–Crippen LogP) is 1.33. The van der Waals surface area contributed by atoms with Crippen molar-refractivity contribution < 1.29 is 5.11 Å². The van der Waals surface area contributed by atoms with Gasteiger partial charge in [0.25, 0.3) is 0 Å². The minimum atomic E-state index is -0.199. The highest BCUT2D eigenvalue weighted by Crippen LogP contribution is 2.25. The zero-order valence-corrected chi connectivity index (χ0v) is 12.6. The zero-order valence-electron chi connectivity index (χ0n) is 12.6. The molecule has 0 saturated carbocycles. The molecule has 0 unspecified atom stereocenters. The predicted molar refractivity (Wildman–Crippen MR) is 88.1 cm³/mol. The van der Waals surface area contributed by atoms with E-state index in [4.69, 9.17) is 5.73 Å². The molecule has 0 amide bonds. The molecule has 0 bridgehead atoms. The van der Waals surface area contributed by atoms with Crippen molar-refractivity contribution in [2.45, 2.75) is 18.9 Å². The Hall–Kier alpha value is -2.67. The maximum absolute atomic E-state index is 9.58. The third-order valence-electron chi connectivity index (χ3n) is 4.22. The van der Waals surface area contributed by atoms with E-state index in [-0.39, 0.29) is 6.10 Å². The maximum Gasteiger partial charge on any atom is 0.225 e. The van der Waals surface area contributed by atoms with Crippen molar-refractivity contribution >= 4 is 17.3 Å². The summed E-state index contributed by atoms with van der Waals surface area (Å²) in [4.78, 5) is 11.1. The highest BCUT2D eigenvalue weighted by atomic mass is 16.3. The Balaban J connectivity index is 1.65. The first-order valence-electron chi connectivity index (χ1n) is 7.70. The number of nitrogens with zero attached hydrogens (tertiary/aromatic N) is 5. The number of anilines is 2. The summed E-state index contributed by atoms with van der Waals surface area (Å²) in [6.07, 6.45) is 6.84. The fourth-order valence-electron chi connectivity index (χ4n) is 2.97. The van der Waals surface area contributed by atoms with Gasteiger partial charge in [0.2, 0.25) is 5.95 Å². The van der Waals surface area contributed by atoms with Crippen LogP contribution in [0.3, 0.4) is 0 Å². The second-order valence-electron chi connectivity index (χ2n) is 5.81. The van der Waals surface area contributed by atoms with Gasteiger partial charge in [-0.1, -0.05) is 6.07 Å². The fourth-order valence-corrected chi connectivity index (χ4v) is 2.97. The van der Waals surface area contributed by atoms with Gasteiger partial charge in [0.15, 0.2) is 0 Å². The van der Waals surface area contributed by atoms with Crippen LogP contribution in [0.2, 0.25) is 0 Å². The summed E-state index contributed by atoms with van der Waals surface area (Å²) >= 11 is 0. The fraction of sp³-hybridized carbons (Fsp3) is 0.312. The summed E-state index contributed by atoms with van der Waals surface area (Å²) in [5.41, 5.74) is 8.64. The van der Waals surface area contributed by atoms with Crippen LogP contribution in [0.15, 0.2) is 36.8 Å². The van der Waals surface area contributed by atoms with Gasteiger partial charge in [0.1, 0.15) is 5.82 Å². The number of aliphatic hydroxyl groups excluding tert-OH is 1. The van der Waals surface area contributed by atoms with Gasteiger partial charge in [-0.3, -0.25) is 0 Å². The van der Waals surface area contributed by atoms with Crippen LogP contribution in [0.5, 0.6) is 0 Å². The Labute approximate surface area is 133 Å². The second-order valence-corrected chi connectivity index (χ2v) is 5.81. The number of nitrogens with two attached hydrogens (primary N) is 1. The summed E-state index contributed by atoms with van der Waals surface area (Å²) < 4.78 is 1.75. The van der Waals surface area contributed by atoms with Gasteiger partial charge >= 0.3 is 0 Å². The van der Waals surface area contributed by atoms with Crippen LogP contribution in [-0.2, 0) is 0 Å². The monoisotopic (exact) mass is 310 g/mol. The molecule has 0 atom stereocenters. The first-order chi connectivity index (χ1) is 11.2. The SMILES string of the molecule is Nc1cc2c(-c3cnc(N4CCC(O)CC4)nc3)cccn2n1. The number of pyridine rings is 1. The van der Waals surface area contributed by atoms with Crippen molar-refractivity contribution in [3.05, 3.63) is 36.8 Å². The number of piperidine rings is 1. The maximum atomic E-state index is 9.58. The van der Waals surface area contributed by atoms with Gasteiger partial charge in [-0.2, -0.15) is 5.10 Å². The van der Waals surface area contributed by atoms with E-state index in [1.54, 1.807) is 4.52 Å². The van der Waals surface area contributed by atoms with Crippen LogP contribution in [-0.4, -0.2) is 43.9 Å². The minimum Gasteiger partial charge on any atom is -0.393 e. The van der Waals surface area contributed by atoms with Gasteiger partial charge in [0.05, 0.1) is 11.6 Å². The molecule has 0 radical (unpaired) electrons. The average Bonchev–Trinajstić information content (AvgIpc) is 2.96. The summed E-state index contributed by atoms with van der Waals surface area (Å²) in [7, 11) is 0. The Morgan fingerprint density at radius 2 is 1.91 bits per heavy atom. The lowest BCUT2D eigenvalue weighted by Gasteiger charge is -2.29. The molecule has 0 aromatic carbocycles. The lowest BCUT2D eigenvalue weighted by atomic mass is 10.1. The highest BCUT2D eigenvalue weighted by Gasteiger charge is 2.19. The number of rotatable bonds is 2. The number of aliphatic hydroxyl groups is 1. The van der Waals surface area contributed by atoms with Gasteiger partial charge in [-0.15, -0.1) is 0 Å². The third-order valence-corrected chi connectivity index (χ3v) is 4.22. The minimum absolute atomic E-state index is 0.199. The van der Waals surface area contributed by atoms with E-state index < -0.39 is 0 Å². The van der Waals surface area contributed by atoms with Crippen molar-refractivity contribution in [1.29, 1.82) is 0 Å². The molecule has 23 heavy (non-hydrogen) atoms. The van der Waals surface area contributed by atoms with Gasteiger partial charge < -0.3 is 15.7 Å². The molecular weight excluding hydrogens is 292 g/mol. The molecule has 3 N–H and O–H groups in total. The van der Waals surface area contributed by atoms with E-state index in [1.165, 1.54) is 0 Å². The third kappa shape index (κ3) is 2.59. The standard InChI is InChI=1S/C16H18N6O/c17-15-8-14-13(2-1-5-22(14)20-15)11-9-18-16(19-10-11)21-6-3-12(23)4-7-21/h1-2,5,8-10,12,23H,3-4,6-7H2,(H2,17,20). The van der Waals surface area contributed by atoms with Gasteiger partial charge in [-0.05, 0) is 18.9 Å². The lowest BCUT2D eigenvalue weighted by molar-refractivity contribution is 0.145. The number of nitrogen functional groups attached to an aromatic ring is 1. The van der Waals surface area contributed by atoms with Crippen molar-refractivity contribution in [2.75, 3.05) is 23.7 Å². The molecule has 1 saturated heterocycles. The van der Waals surface area contributed by atoms with Crippen LogP contribution < -0.4 is 10.6 Å². The summed E-state index contributed by atoms with van der Waals surface area (Å²) in [6, 6.07) is 5.77. The van der Waals surface area contributed by atoms with Crippen molar-refractivity contribution in [3.8, 4) is 11.1 Å². The summed E-state index contributed by atoms with van der Waals surface area (Å²) in [6.45, 7) is 1.57. The molecule has 1 fully saturated rings. The molecule has 4 heterocycles. The molecule has 3 aromatic heterocycles. The van der Waals surface area contributed by atoms with Crippen LogP contribution in [0, 0.1) is 0 Å². The zero-order chi connectivity index (χ0) is 15.8. The summed E-state index contributed by atoms with van der Waals surface area (Å²) in [5, 5.41) is 13.8. The molecule has 0 spiro atoms. The molecular formula is C16H18N6O. The first kappa shape index (κ1) is 14.0. The Morgan fingerprint density at radius 1 is 1.17 bits per heavy atom.